The first-order valence-electron chi connectivity index (χ1n) is 9.14. The molecule has 0 bridgehead atoms. The van der Waals surface area contributed by atoms with E-state index in [2.05, 4.69) is 31.9 Å². The van der Waals surface area contributed by atoms with Crippen molar-refractivity contribution in [2.75, 3.05) is 13.2 Å². The standard InChI is InChI=1S/C18H32Br2O4/c1-3-11-15(19)17(21)23-13-9-7-5-6-8-10-14-24-18(22)16(20)12-4-2/h15-16H,3-14H2,1-2H3. The molecule has 24 heavy (non-hydrogen) atoms. The first-order valence-corrected chi connectivity index (χ1v) is 11.0. The topological polar surface area (TPSA) is 52.6 Å². The maximum Gasteiger partial charge on any atom is 0.319 e. The van der Waals surface area contributed by atoms with Crippen LogP contribution in [0.3, 0.4) is 0 Å². The van der Waals surface area contributed by atoms with Crippen LogP contribution >= 0.6 is 31.9 Å². The Morgan fingerprint density at radius 1 is 0.708 bits per heavy atom. The van der Waals surface area contributed by atoms with Crippen molar-refractivity contribution in [3.05, 3.63) is 0 Å². The highest BCUT2D eigenvalue weighted by atomic mass is 79.9. The molecule has 0 aromatic heterocycles. The third-order valence-corrected chi connectivity index (χ3v) is 5.29. The Balaban J connectivity index is 3.37. The molecule has 6 heteroatoms. The zero-order chi connectivity index (χ0) is 18.2. The fraction of sp³-hybridized carbons (Fsp3) is 0.889. The smallest absolute Gasteiger partial charge is 0.319 e. The summed E-state index contributed by atoms with van der Waals surface area (Å²) < 4.78 is 10.4. The van der Waals surface area contributed by atoms with Gasteiger partial charge in [-0.15, -0.1) is 0 Å². The van der Waals surface area contributed by atoms with E-state index in [1.54, 1.807) is 0 Å². The van der Waals surface area contributed by atoms with Gasteiger partial charge in [-0.05, 0) is 25.7 Å². The molecule has 2 atom stereocenters. The highest BCUT2D eigenvalue weighted by Crippen LogP contribution is 2.12. The lowest BCUT2D eigenvalue weighted by molar-refractivity contribution is -0.144. The third kappa shape index (κ3) is 13.2. The molecule has 0 fully saturated rings. The number of hydrogen-bond donors (Lipinski definition) is 0. The number of alkyl halides is 2. The molecule has 0 rings (SSSR count). The molecule has 4 nitrogen and oxygen atoms in total. The first-order chi connectivity index (χ1) is 11.5. The highest BCUT2D eigenvalue weighted by Gasteiger charge is 2.15. The van der Waals surface area contributed by atoms with Gasteiger partial charge in [-0.1, -0.05) is 84.2 Å². The van der Waals surface area contributed by atoms with Crippen LogP contribution in [0.5, 0.6) is 0 Å². The number of esters is 2. The summed E-state index contributed by atoms with van der Waals surface area (Å²) in [4.78, 5) is 22.8. The van der Waals surface area contributed by atoms with Gasteiger partial charge in [0.15, 0.2) is 0 Å². The number of halogens is 2. The first kappa shape index (κ1) is 23.9. The zero-order valence-corrected chi connectivity index (χ0v) is 18.2. The SMILES string of the molecule is CCCC(Br)C(=O)OCCCCCCCCOC(=O)C(Br)CCC. The molecule has 0 saturated carbocycles. The van der Waals surface area contributed by atoms with E-state index in [4.69, 9.17) is 9.47 Å². The van der Waals surface area contributed by atoms with E-state index in [0.29, 0.717) is 13.2 Å². The third-order valence-electron chi connectivity index (χ3n) is 3.62. The maximum absolute atomic E-state index is 11.6. The van der Waals surface area contributed by atoms with Gasteiger partial charge >= 0.3 is 11.9 Å². The Kier molecular flexibility index (Phi) is 16.3. The Hall–Kier alpha value is -0.100. The van der Waals surface area contributed by atoms with Crippen molar-refractivity contribution < 1.29 is 19.1 Å². The molecule has 0 N–H and O–H groups in total. The zero-order valence-electron chi connectivity index (χ0n) is 15.0. The van der Waals surface area contributed by atoms with Crippen LogP contribution in [0, 0.1) is 0 Å². The van der Waals surface area contributed by atoms with Crippen LogP contribution < -0.4 is 0 Å². The molecule has 0 spiro atoms. The van der Waals surface area contributed by atoms with Crippen LogP contribution in [0.15, 0.2) is 0 Å². The van der Waals surface area contributed by atoms with Crippen LogP contribution in [0.2, 0.25) is 0 Å². The second kappa shape index (κ2) is 16.4. The van der Waals surface area contributed by atoms with Crippen molar-refractivity contribution in [3.8, 4) is 0 Å². The predicted molar refractivity (Wildman–Crippen MR) is 105 cm³/mol. The van der Waals surface area contributed by atoms with Gasteiger partial charge < -0.3 is 9.47 Å². The van der Waals surface area contributed by atoms with Crippen LogP contribution in [-0.2, 0) is 19.1 Å². The largest absolute Gasteiger partial charge is 0.465 e. The van der Waals surface area contributed by atoms with Crippen molar-refractivity contribution in [1.29, 1.82) is 0 Å². The van der Waals surface area contributed by atoms with E-state index in [-0.39, 0.29) is 21.6 Å². The number of carbonyl (C=O) groups excluding carboxylic acids is 2. The predicted octanol–water partition coefficient (Wildman–Crippen LogP) is 5.54. The lowest BCUT2D eigenvalue weighted by Crippen LogP contribution is -2.17. The molecular formula is C18H32Br2O4. The van der Waals surface area contributed by atoms with Gasteiger partial charge in [-0.2, -0.15) is 0 Å². The Morgan fingerprint density at radius 2 is 1.04 bits per heavy atom. The molecule has 0 amide bonds. The normalized spacial score (nSPS) is 13.3. The molecule has 0 aliphatic heterocycles. The number of hydrogen-bond acceptors (Lipinski definition) is 4. The average Bonchev–Trinajstić information content (AvgIpc) is 2.56. The second-order valence-corrected chi connectivity index (χ2v) is 8.18. The molecule has 0 aliphatic rings. The minimum Gasteiger partial charge on any atom is -0.465 e. The molecular weight excluding hydrogens is 440 g/mol. The van der Waals surface area contributed by atoms with E-state index in [1.165, 1.54) is 0 Å². The molecule has 0 aliphatic carbocycles. The van der Waals surface area contributed by atoms with Gasteiger partial charge in [0, 0.05) is 0 Å². The van der Waals surface area contributed by atoms with Crippen LogP contribution in [0.4, 0.5) is 0 Å². The molecule has 0 radical (unpaired) electrons. The van der Waals surface area contributed by atoms with Gasteiger partial charge in [-0.3, -0.25) is 9.59 Å². The van der Waals surface area contributed by atoms with Crippen LogP contribution in [-0.4, -0.2) is 34.8 Å². The summed E-state index contributed by atoms with van der Waals surface area (Å²) in [5.41, 5.74) is 0. The van der Waals surface area contributed by atoms with Gasteiger partial charge in [0.1, 0.15) is 9.65 Å². The van der Waals surface area contributed by atoms with E-state index in [1.807, 2.05) is 13.8 Å². The summed E-state index contributed by atoms with van der Waals surface area (Å²) >= 11 is 6.67. The lowest BCUT2D eigenvalue weighted by Gasteiger charge is -2.09. The van der Waals surface area contributed by atoms with Crippen molar-refractivity contribution >= 4 is 43.8 Å². The van der Waals surface area contributed by atoms with Gasteiger partial charge in [0.25, 0.3) is 0 Å². The molecule has 0 aromatic carbocycles. The Labute approximate surface area is 163 Å². The molecule has 0 heterocycles. The van der Waals surface area contributed by atoms with Crippen molar-refractivity contribution in [3.63, 3.8) is 0 Å². The molecule has 142 valence electrons. The number of unbranched alkanes of at least 4 members (excludes halogenated alkanes) is 5. The number of rotatable bonds is 15. The van der Waals surface area contributed by atoms with E-state index < -0.39 is 0 Å². The Bertz CT molecular complexity index is 305. The summed E-state index contributed by atoms with van der Waals surface area (Å²) in [6.45, 7) is 5.11. The number of carbonyl (C=O) groups is 2. The second-order valence-electron chi connectivity index (χ2n) is 5.97. The Morgan fingerprint density at radius 3 is 1.38 bits per heavy atom. The molecule has 2 unspecified atom stereocenters. The van der Waals surface area contributed by atoms with Crippen molar-refractivity contribution in [1.82, 2.24) is 0 Å². The maximum atomic E-state index is 11.6. The number of ether oxygens (including phenoxy) is 2. The van der Waals surface area contributed by atoms with Crippen LogP contribution in [0.1, 0.15) is 78.1 Å². The quantitative estimate of drug-likeness (QED) is 0.179. The van der Waals surface area contributed by atoms with Gasteiger partial charge in [0.05, 0.1) is 13.2 Å². The van der Waals surface area contributed by atoms with E-state index in [9.17, 15) is 9.59 Å². The van der Waals surface area contributed by atoms with Gasteiger partial charge in [-0.25, -0.2) is 0 Å². The summed E-state index contributed by atoms with van der Waals surface area (Å²) in [5.74, 6) is -0.293. The van der Waals surface area contributed by atoms with Crippen molar-refractivity contribution in [2.45, 2.75) is 87.7 Å². The monoisotopic (exact) mass is 470 g/mol. The minimum atomic E-state index is -0.165. The fourth-order valence-corrected chi connectivity index (χ4v) is 3.36. The van der Waals surface area contributed by atoms with E-state index in [0.717, 1.165) is 64.2 Å². The summed E-state index contributed by atoms with van der Waals surface area (Å²) in [7, 11) is 0. The summed E-state index contributed by atoms with van der Waals surface area (Å²) in [6, 6.07) is 0. The fourth-order valence-electron chi connectivity index (χ4n) is 2.18. The van der Waals surface area contributed by atoms with Gasteiger partial charge in [0.2, 0.25) is 0 Å². The molecule has 0 saturated heterocycles. The van der Waals surface area contributed by atoms with Crippen LogP contribution in [0.25, 0.3) is 0 Å². The summed E-state index contributed by atoms with van der Waals surface area (Å²) in [5, 5.41) is 0. The molecule has 0 aromatic rings. The summed E-state index contributed by atoms with van der Waals surface area (Å²) in [6.07, 6.45) is 9.76. The van der Waals surface area contributed by atoms with Crippen molar-refractivity contribution in [2.24, 2.45) is 0 Å². The lowest BCUT2D eigenvalue weighted by atomic mass is 10.1. The minimum absolute atomic E-state index is 0.146. The highest BCUT2D eigenvalue weighted by molar-refractivity contribution is 9.10. The average molecular weight is 472 g/mol. The van der Waals surface area contributed by atoms with E-state index >= 15 is 0 Å².